The molecule has 1 saturated heterocycles. The van der Waals surface area contributed by atoms with Crippen LogP contribution in [0.4, 0.5) is 0 Å². The summed E-state index contributed by atoms with van der Waals surface area (Å²) in [6.07, 6.45) is 0.853. The minimum atomic E-state index is -0.453. The number of amides is 2. The molecule has 2 aromatic rings. The lowest BCUT2D eigenvalue weighted by atomic mass is 10.1. The highest BCUT2D eigenvalue weighted by molar-refractivity contribution is 7.13. The van der Waals surface area contributed by atoms with Gasteiger partial charge in [-0.3, -0.25) is 14.5 Å². The van der Waals surface area contributed by atoms with Crippen molar-refractivity contribution >= 4 is 23.2 Å². The molecule has 0 unspecified atom stereocenters. The van der Waals surface area contributed by atoms with Crippen LogP contribution in [0.2, 0.25) is 0 Å². The summed E-state index contributed by atoms with van der Waals surface area (Å²) in [5.41, 5.74) is 7.61. The molecule has 1 aliphatic heterocycles. The van der Waals surface area contributed by atoms with Crippen molar-refractivity contribution in [3.63, 3.8) is 0 Å². The molecule has 3 rings (SSSR count). The van der Waals surface area contributed by atoms with Gasteiger partial charge in [0, 0.05) is 26.2 Å². The SMILES string of the molecule is Cc1nc(C)c(C(=O)N2CCN(CCc3ccccc3)[C@@H](C(N)=O)C2)s1. The normalized spacial score (nSPS) is 18.1. The van der Waals surface area contributed by atoms with Crippen LogP contribution in [0.15, 0.2) is 30.3 Å². The molecule has 0 spiro atoms. The third-order valence-electron chi connectivity index (χ3n) is 4.74. The number of nitrogens with zero attached hydrogens (tertiary/aromatic N) is 3. The molecular weight excluding hydrogens is 348 g/mol. The maximum absolute atomic E-state index is 12.8. The highest BCUT2D eigenvalue weighted by Crippen LogP contribution is 2.21. The second-order valence-corrected chi connectivity index (χ2v) is 7.79. The Hall–Kier alpha value is -2.25. The molecule has 1 aromatic carbocycles. The summed E-state index contributed by atoms with van der Waals surface area (Å²) in [6.45, 7) is 6.05. The molecule has 1 aromatic heterocycles. The van der Waals surface area contributed by atoms with E-state index in [2.05, 4.69) is 22.0 Å². The van der Waals surface area contributed by atoms with Gasteiger partial charge >= 0.3 is 0 Å². The van der Waals surface area contributed by atoms with Crippen LogP contribution in [0.5, 0.6) is 0 Å². The number of benzene rings is 1. The Morgan fingerprint density at radius 3 is 2.58 bits per heavy atom. The van der Waals surface area contributed by atoms with E-state index in [1.807, 2.05) is 32.0 Å². The Morgan fingerprint density at radius 1 is 1.23 bits per heavy atom. The van der Waals surface area contributed by atoms with Gasteiger partial charge in [-0.15, -0.1) is 11.3 Å². The van der Waals surface area contributed by atoms with E-state index in [9.17, 15) is 9.59 Å². The number of carbonyl (C=O) groups is 2. The van der Waals surface area contributed by atoms with E-state index >= 15 is 0 Å². The molecule has 1 aliphatic rings. The average molecular weight is 372 g/mol. The Balaban J connectivity index is 1.67. The zero-order valence-corrected chi connectivity index (χ0v) is 16.0. The quantitative estimate of drug-likeness (QED) is 0.865. The maximum atomic E-state index is 12.8. The summed E-state index contributed by atoms with van der Waals surface area (Å²) in [5.74, 6) is -0.435. The first-order valence-corrected chi connectivity index (χ1v) is 9.58. The first-order chi connectivity index (χ1) is 12.5. The van der Waals surface area contributed by atoms with E-state index in [-0.39, 0.29) is 11.8 Å². The van der Waals surface area contributed by atoms with Crippen molar-refractivity contribution < 1.29 is 9.59 Å². The van der Waals surface area contributed by atoms with Gasteiger partial charge in [-0.1, -0.05) is 30.3 Å². The fourth-order valence-electron chi connectivity index (χ4n) is 3.33. The average Bonchev–Trinajstić information content (AvgIpc) is 2.98. The zero-order valence-electron chi connectivity index (χ0n) is 15.1. The van der Waals surface area contributed by atoms with Gasteiger partial charge in [0.2, 0.25) is 5.91 Å². The van der Waals surface area contributed by atoms with Crippen molar-refractivity contribution in [3.05, 3.63) is 51.5 Å². The number of aryl methyl sites for hydroxylation is 2. The first-order valence-electron chi connectivity index (χ1n) is 8.76. The molecule has 2 heterocycles. The summed E-state index contributed by atoms with van der Waals surface area (Å²) in [5, 5.41) is 0.874. The summed E-state index contributed by atoms with van der Waals surface area (Å²) in [4.78, 5) is 33.6. The van der Waals surface area contributed by atoms with E-state index in [4.69, 9.17) is 5.73 Å². The van der Waals surface area contributed by atoms with Crippen LogP contribution in [-0.2, 0) is 11.2 Å². The number of hydrogen-bond donors (Lipinski definition) is 1. The number of thiazole rings is 1. The predicted octanol–water partition coefficient (Wildman–Crippen LogP) is 1.61. The standard InChI is InChI=1S/C19H24N4O2S/c1-13-17(26-14(2)21-13)19(25)23-11-10-22(16(12-23)18(20)24)9-8-15-6-4-3-5-7-15/h3-7,16H,8-12H2,1-2H3,(H2,20,24)/t16-/m1/s1. The molecule has 1 fully saturated rings. The molecule has 2 N–H and O–H groups in total. The smallest absolute Gasteiger partial charge is 0.265 e. The number of hydrogen-bond acceptors (Lipinski definition) is 5. The minimum absolute atomic E-state index is 0.0536. The Morgan fingerprint density at radius 2 is 1.96 bits per heavy atom. The van der Waals surface area contributed by atoms with Crippen molar-refractivity contribution in [1.29, 1.82) is 0 Å². The number of rotatable bonds is 5. The highest BCUT2D eigenvalue weighted by atomic mass is 32.1. The molecule has 0 radical (unpaired) electrons. The van der Waals surface area contributed by atoms with E-state index in [0.29, 0.717) is 24.5 Å². The molecule has 138 valence electrons. The fourth-order valence-corrected chi connectivity index (χ4v) is 4.22. The van der Waals surface area contributed by atoms with Gasteiger partial charge in [0.15, 0.2) is 0 Å². The Labute approximate surface area is 157 Å². The summed E-state index contributed by atoms with van der Waals surface area (Å²) < 4.78 is 0. The van der Waals surface area contributed by atoms with Crippen LogP contribution < -0.4 is 5.73 Å². The van der Waals surface area contributed by atoms with Crippen LogP contribution in [0.25, 0.3) is 0 Å². The first kappa shape index (κ1) is 18.5. The number of piperazine rings is 1. The number of primary amides is 1. The van der Waals surface area contributed by atoms with Gasteiger partial charge in [-0.05, 0) is 25.8 Å². The zero-order chi connectivity index (χ0) is 18.7. The molecular formula is C19H24N4O2S. The predicted molar refractivity (Wildman–Crippen MR) is 102 cm³/mol. The van der Waals surface area contributed by atoms with Crippen molar-refractivity contribution in [2.75, 3.05) is 26.2 Å². The van der Waals surface area contributed by atoms with E-state index in [0.717, 1.165) is 23.7 Å². The van der Waals surface area contributed by atoms with Crippen LogP contribution in [-0.4, -0.2) is 58.8 Å². The van der Waals surface area contributed by atoms with Gasteiger partial charge in [-0.2, -0.15) is 0 Å². The molecule has 7 heteroatoms. The van der Waals surface area contributed by atoms with E-state index in [1.165, 1.54) is 16.9 Å². The van der Waals surface area contributed by atoms with Gasteiger partial charge < -0.3 is 10.6 Å². The van der Waals surface area contributed by atoms with Crippen molar-refractivity contribution in [2.24, 2.45) is 5.73 Å². The summed E-state index contributed by atoms with van der Waals surface area (Å²) in [6, 6.07) is 9.71. The second kappa shape index (κ2) is 7.97. The lowest BCUT2D eigenvalue weighted by Crippen LogP contribution is -2.59. The fraction of sp³-hybridized carbons (Fsp3) is 0.421. The van der Waals surface area contributed by atoms with Crippen molar-refractivity contribution in [2.45, 2.75) is 26.3 Å². The topological polar surface area (TPSA) is 79.5 Å². The second-order valence-electron chi connectivity index (χ2n) is 6.59. The molecule has 0 bridgehead atoms. The van der Waals surface area contributed by atoms with Crippen LogP contribution in [0, 0.1) is 13.8 Å². The number of aromatic nitrogens is 1. The van der Waals surface area contributed by atoms with Crippen LogP contribution >= 0.6 is 11.3 Å². The lowest BCUT2D eigenvalue weighted by Gasteiger charge is -2.39. The largest absolute Gasteiger partial charge is 0.368 e. The van der Waals surface area contributed by atoms with E-state index < -0.39 is 6.04 Å². The van der Waals surface area contributed by atoms with E-state index in [1.54, 1.807) is 4.90 Å². The summed E-state index contributed by atoms with van der Waals surface area (Å²) in [7, 11) is 0. The molecule has 26 heavy (non-hydrogen) atoms. The monoisotopic (exact) mass is 372 g/mol. The van der Waals surface area contributed by atoms with Crippen LogP contribution in [0.1, 0.15) is 25.9 Å². The highest BCUT2D eigenvalue weighted by Gasteiger charge is 2.34. The third-order valence-corrected chi connectivity index (χ3v) is 5.80. The third kappa shape index (κ3) is 4.11. The van der Waals surface area contributed by atoms with Gasteiger partial charge in [-0.25, -0.2) is 4.98 Å². The maximum Gasteiger partial charge on any atom is 0.265 e. The van der Waals surface area contributed by atoms with Crippen molar-refractivity contribution in [1.82, 2.24) is 14.8 Å². The van der Waals surface area contributed by atoms with Gasteiger partial charge in [0.1, 0.15) is 10.9 Å². The molecule has 6 nitrogen and oxygen atoms in total. The Bertz CT molecular complexity index is 790. The minimum Gasteiger partial charge on any atom is -0.368 e. The van der Waals surface area contributed by atoms with Gasteiger partial charge in [0.25, 0.3) is 5.91 Å². The molecule has 0 aliphatic carbocycles. The lowest BCUT2D eigenvalue weighted by molar-refractivity contribution is -0.125. The molecule has 2 amide bonds. The van der Waals surface area contributed by atoms with Crippen molar-refractivity contribution in [3.8, 4) is 0 Å². The number of carbonyl (C=O) groups excluding carboxylic acids is 2. The van der Waals surface area contributed by atoms with Crippen LogP contribution in [0.3, 0.4) is 0 Å². The number of nitrogens with two attached hydrogens (primary N) is 1. The van der Waals surface area contributed by atoms with Gasteiger partial charge in [0.05, 0.1) is 10.7 Å². The molecule has 0 saturated carbocycles. The molecule has 1 atom stereocenters. The Kier molecular flexibility index (Phi) is 5.68. The summed E-state index contributed by atoms with van der Waals surface area (Å²) >= 11 is 1.40.